The molecule has 0 atom stereocenters. The van der Waals surface area contributed by atoms with Crippen molar-refractivity contribution >= 4 is 38.2 Å². The minimum atomic E-state index is -3.68. The number of hydrogen-bond donors (Lipinski definition) is 3. The Kier molecular flexibility index (Phi) is 9.00. The number of anilines is 3. The zero-order valence-corrected chi connectivity index (χ0v) is 24.4. The Bertz CT molecular complexity index is 1660. The fraction of sp³-hybridized carbons (Fsp3) is 0.345. The third-order valence-electron chi connectivity index (χ3n) is 6.80. The molecule has 0 radical (unpaired) electrons. The second kappa shape index (κ2) is 12.8. The Hall–Kier alpha value is -4.07. The summed E-state index contributed by atoms with van der Waals surface area (Å²) in [6.45, 7) is 5.14. The number of nitrogens with two attached hydrogens (primary N) is 1. The minimum Gasteiger partial charge on any atom is -0.494 e. The first-order valence-electron chi connectivity index (χ1n) is 13.8. The summed E-state index contributed by atoms with van der Waals surface area (Å²) in [7, 11) is -2.15. The van der Waals surface area contributed by atoms with Gasteiger partial charge in [-0.05, 0) is 42.3 Å². The number of sulfonamides is 1. The van der Waals surface area contributed by atoms with E-state index in [1.165, 1.54) is 13.2 Å². The van der Waals surface area contributed by atoms with Crippen LogP contribution < -0.4 is 25.4 Å². The zero-order valence-electron chi connectivity index (χ0n) is 23.6. The van der Waals surface area contributed by atoms with Crippen molar-refractivity contribution in [3.8, 4) is 28.3 Å². The molecule has 1 aliphatic heterocycles. The molecule has 0 unspecified atom stereocenters. The highest BCUT2D eigenvalue weighted by molar-refractivity contribution is 7.92. The van der Waals surface area contributed by atoms with Gasteiger partial charge in [0.25, 0.3) is 0 Å². The van der Waals surface area contributed by atoms with Gasteiger partial charge >= 0.3 is 0 Å². The molecule has 1 fully saturated rings. The molecule has 11 nitrogen and oxygen atoms in total. The predicted molar refractivity (Wildman–Crippen MR) is 163 cm³/mol. The average Bonchev–Trinajstić information content (AvgIpc) is 3.00. The molecule has 222 valence electrons. The van der Waals surface area contributed by atoms with E-state index in [9.17, 15) is 8.42 Å². The summed E-state index contributed by atoms with van der Waals surface area (Å²) in [5.74, 6) is 1.45. The normalized spacial score (nSPS) is 13.8. The molecule has 2 aromatic heterocycles. The van der Waals surface area contributed by atoms with Gasteiger partial charge in [0, 0.05) is 48.9 Å². The Morgan fingerprint density at radius 2 is 1.93 bits per heavy atom. The van der Waals surface area contributed by atoms with Gasteiger partial charge < -0.3 is 25.4 Å². The maximum atomic E-state index is 15.8. The molecule has 5 rings (SSSR count). The molecule has 0 aliphatic carbocycles. The molecule has 4 aromatic rings. The van der Waals surface area contributed by atoms with Crippen molar-refractivity contribution in [2.45, 2.75) is 13.3 Å². The largest absolute Gasteiger partial charge is 0.494 e. The fourth-order valence-electron chi connectivity index (χ4n) is 4.79. The number of aromatic nitrogens is 3. The van der Waals surface area contributed by atoms with Crippen LogP contribution in [0.25, 0.3) is 33.4 Å². The summed E-state index contributed by atoms with van der Waals surface area (Å²) in [5, 5.41) is 3.81. The highest BCUT2D eigenvalue weighted by Gasteiger charge is 2.23. The van der Waals surface area contributed by atoms with Crippen LogP contribution in [0.4, 0.5) is 21.7 Å². The van der Waals surface area contributed by atoms with E-state index in [0.29, 0.717) is 91.1 Å². The number of morpholine rings is 1. The van der Waals surface area contributed by atoms with Crippen LogP contribution in [0.3, 0.4) is 0 Å². The van der Waals surface area contributed by atoms with Crippen LogP contribution in [0.2, 0.25) is 0 Å². The quantitative estimate of drug-likeness (QED) is 0.234. The molecule has 13 heteroatoms. The summed E-state index contributed by atoms with van der Waals surface area (Å²) in [4.78, 5) is 16.4. The van der Waals surface area contributed by atoms with Crippen LogP contribution in [-0.4, -0.2) is 75.6 Å². The van der Waals surface area contributed by atoms with Gasteiger partial charge in [0.2, 0.25) is 10.0 Å². The lowest BCUT2D eigenvalue weighted by Gasteiger charge is -2.29. The summed E-state index contributed by atoms with van der Waals surface area (Å²) in [5.41, 5.74) is 7.45. The number of nitrogens with zero attached hydrogens (tertiary/aromatic N) is 4. The van der Waals surface area contributed by atoms with Crippen molar-refractivity contribution in [2.24, 2.45) is 5.73 Å². The Labute approximate surface area is 244 Å². The van der Waals surface area contributed by atoms with E-state index in [1.54, 1.807) is 31.3 Å². The Morgan fingerprint density at radius 3 is 2.62 bits per heavy atom. The molecule has 2 aromatic carbocycles. The number of ether oxygens (including phenoxy) is 2. The number of hydrogen-bond acceptors (Lipinski definition) is 10. The number of methoxy groups -OCH3 is 1. The third kappa shape index (κ3) is 6.37. The Morgan fingerprint density at radius 1 is 1.12 bits per heavy atom. The van der Waals surface area contributed by atoms with E-state index in [-0.39, 0.29) is 17.0 Å². The van der Waals surface area contributed by atoms with Crippen molar-refractivity contribution in [3.63, 3.8) is 0 Å². The molecule has 1 saturated heterocycles. The van der Waals surface area contributed by atoms with Crippen molar-refractivity contribution in [1.82, 2.24) is 15.0 Å². The van der Waals surface area contributed by atoms with Crippen molar-refractivity contribution in [3.05, 3.63) is 54.5 Å². The fourth-order valence-corrected chi connectivity index (χ4v) is 5.93. The van der Waals surface area contributed by atoms with Gasteiger partial charge in [-0.2, -0.15) is 0 Å². The highest BCUT2D eigenvalue weighted by atomic mass is 32.2. The van der Waals surface area contributed by atoms with Gasteiger partial charge in [-0.1, -0.05) is 19.1 Å². The number of benzene rings is 2. The highest BCUT2D eigenvalue weighted by Crippen LogP contribution is 2.39. The number of fused-ring (bicyclic) bond motifs is 1. The summed E-state index contributed by atoms with van der Waals surface area (Å²) in [6, 6.07) is 11.9. The van der Waals surface area contributed by atoms with E-state index in [0.717, 1.165) is 0 Å². The first-order chi connectivity index (χ1) is 20.3. The molecule has 0 spiro atoms. The predicted octanol–water partition coefficient (Wildman–Crippen LogP) is 3.87. The summed E-state index contributed by atoms with van der Waals surface area (Å²) < 4.78 is 54.2. The van der Waals surface area contributed by atoms with Crippen molar-refractivity contribution in [1.29, 1.82) is 0 Å². The molecule has 0 saturated carbocycles. The summed E-state index contributed by atoms with van der Waals surface area (Å²) in [6.07, 6.45) is 2.11. The molecule has 42 heavy (non-hydrogen) atoms. The first-order valence-corrected chi connectivity index (χ1v) is 15.4. The Balaban J connectivity index is 1.64. The maximum absolute atomic E-state index is 15.8. The second-order valence-electron chi connectivity index (χ2n) is 9.78. The molecule has 4 N–H and O–H groups in total. The lowest BCUT2D eigenvalue weighted by Crippen LogP contribution is -2.37. The van der Waals surface area contributed by atoms with Crippen LogP contribution in [0.1, 0.15) is 13.3 Å². The molecule has 0 bridgehead atoms. The first kappa shape index (κ1) is 29.4. The number of rotatable bonds is 11. The molecular formula is C29H34FN7O4S. The number of pyridine rings is 1. The van der Waals surface area contributed by atoms with E-state index in [2.05, 4.69) is 19.9 Å². The van der Waals surface area contributed by atoms with Crippen molar-refractivity contribution in [2.75, 3.05) is 67.2 Å². The van der Waals surface area contributed by atoms with E-state index < -0.39 is 15.8 Å². The standard InChI is InChI=1S/C29H34FN7O4S/c1-3-15-42(38,39)36-23-6-4-5-21(26(23)30)20-16-22-27(24(17-20)40-2)34-28(35-29(22)37-11-13-41-14-12-37)19-7-8-25(33-18-19)32-10-9-31/h4-8,16-18,36H,3,9-15,31H2,1-2H3,(H,32,33). The lowest BCUT2D eigenvalue weighted by molar-refractivity contribution is 0.122. The van der Waals surface area contributed by atoms with Crippen LogP contribution in [0.5, 0.6) is 5.75 Å². The van der Waals surface area contributed by atoms with Gasteiger partial charge in [-0.3, -0.25) is 4.72 Å². The summed E-state index contributed by atoms with van der Waals surface area (Å²) >= 11 is 0. The zero-order chi connectivity index (χ0) is 29.7. The maximum Gasteiger partial charge on any atom is 0.232 e. The van der Waals surface area contributed by atoms with Crippen LogP contribution in [0, 0.1) is 5.82 Å². The van der Waals surface area contributed by atoms with Gasteiger partial charge in [0.05, 0.1) is 31.8 Å². The van der Waals surface area contributed by atoms with Crippen LogP contribution in [-0.2, 0) is 14.8 Å². The van der Waals surface area contributed by atoms with Gasteiger partial charge in [-0.15, -0.1) is 0 Å². The average molecular weight is 596 g/mol. The topological polar surface area (TPSA) is 145 Å². The lowest BCUT2D eigenvalue weighted by atomic mass is 10.0. The third-order valence-corrected chi connectivity index (χ3v) is 8.27. The van der Waals surface area contributed by atoms with E-state index in [1.807, 2.05) is 18.2 Å². The van der Waals surface area contributed by atoms with E-state index in [4.69, 9.17) is 25.2 Å². The van der Waals surface area contributed by atoms with Crippen molar-refractivity contribution < 1.29 is 22.3 Å². The molecule has 3 heterocycles. The van der Waals surface area contributed by atoms with Crippen LogP contribution >= 0.6 is 0 Å². The molecule has 1 aliphatic rings. The SMILES string of the molecule is CCCS(=O)(=O)Nc1cccc(-c2cc(OC)c3nc(-c4ccc(NCCN)nc4)nc(N4CCOCC4)c3c2)c1F. The second-order valence-corrected chi connectivity index (χ2v) is 11.6. The number of nitrogens with one attached hydrogen (secondary N) is 2. The smallest absolute Gasteiger partial charge is 0.232 e. The van der Waals surface area contributed by atoms with Gasteiger partial charge in [0.1, 0.15) is 22.9 Å². The van der Waals surface area contributed by atoms with Gasteiger partial charge in [-0.25, -0.2) is 27.8 Å². The monoisotopic (exact) mass is 595 g/mol. The molecule has 0 amide bonds. The van der Waals surface area contributed by atoms with Crippen LogP contribution in [0.15, 0.2) is 48.7 Å². The minimum absolute atomic E-state index is 0.106. The molecular weight excluding hydrogens is 561 g/mol. The number of halogens is 1. The van der Waals surface area contributed by atoms with Gasteiger partial charge in [0.15, 0.2) is 11.6 Å². The van der Waals surface area contributed by atoms with E-state index >= 15 is 4.39 Å².